The van der Waals surface area contributed by atoms with Gasteiger partial charge in [-0.25, -0.2) is 0 Å². The highest BCUT2D eigenvalue weighted by Gasteiger charge is 2.03. The van der Waals surface area contributed by atoms with Gasteiger partial charge in [-0.3, -0.25) is 0 Å². The molecule has 0 aliphatic heterocycles. The molecule has 1 aromatic rings. The summed E-state index contributed by atoms with van der Waals surface area (Å²) >= 11 is 0. The molecule has 6 heteroatoms. The summed E-state index contributed by atoms with van der Waals surface area (Å²) in [6, 6.07) is 8.60. The van der Waals surface area contributed by atoms with Gasteiger partial charge in [-0.1, -0.05) is 22.4 Å². The molecule has 0 unspecified atom stereocenters. The number of nitrogens with zero attached hydrogens (tertiary/aromatic N) is 3. The maximum atomic E-state index is 8.77. The quantitative estimate of drug-likeness (QED) is 0.452. The van der Waals surface area contributed by atoms with Crippen LogP contribution in [0, 0.1) is 11.3 Å². The van der Waals surface area contributed by atoms with Crippen LogP contribution in [0.2, 0.25) is 0 Å². The first-order valence-electron chi connectivity index (χ1n) is 4.32. The van der Waals surface area contributed by atoms with Crippen molar-refractivity contribution in [1.29, 1.82) is 5.26 Å². The van der Waals surface area contributed by atoms with E-state index in [0.29, 0.717) is 11.3 Å². The Morgan fingerprint density at radius 2 is 2.19 bits per heavy atom. The predicted octanol–water partition coefficient (Wildman–Crippen LogP) is 1.23. The van der Waals surface area contributed by atoms with E-state index in [4.69, 9.17) is 20.4 Å². The topological polar surface area (TPSA) is 98.2 Å². The number of ether oxygens (including phenoxy) is 1. The molecule has 1 rings (SSSR count). The lowest BCUT2D eigenvalue weighted by Crippen LogP contribution is -2.13. The van der Waals surface area contributed by atoms with Gasteiger partial charge in [0.15, 0.2) is 0 Å². The minimum atomic E-state index is -0.0980. The number of hydrogen-bond acceptors (Lipinski definition) is 6. The van der Waals surface area contributed by atoms with Gasteiger partial charge in [-0.15, -0.1) is 0 Å². The van der Waals surface area contributed by atoms with E-state index in [1.54, 1.807) is 24.3 Å². The first-order chi connectivity index (χ1) is 7.81. The van der Waals surface area contributed by atoms with Crippen molar-refractivity contribution in [2.75, 3.05) is 6.61 Å². The van der Waals surface area contributed by atoms with Crippen molar-refractivity contribution in [3.8, 4) is 11.8 Å². The summed E-state index contributed by atoms with van der Waals surface area (Å²) in [7, 11) is 0. The number of hydrogen-bond donors (Lipinski definition) is 2. The summed E-state index contributed by atoms with van der Waals surface area (Å²) in [5.41, 5.74) is 0.413. The van der Waals surface area contributed by atoms with E-state index in [2.05, 4.69) is 10.3 Å². The van der Waals surface area contributed by atoms with Crippen molar-refractivity contribution in [3.63, 3.8) is 0 Å². The van der Waals surface area contributed by atoms with Crippen molar-refractivity contribution in [3.05, 3.63) is 29.8 Å². The van der Waals surface area contributed by atoms with E-state index in [9.17, 15) is 0 Å². The monoisotopic (exact) mass is 219 g/mol. The molecule has 0 aliphatic carbocycles. The fourth-order valence-corrected chi connectivity index (χ4v) is 0.995. The molecule has 0 bridgehead atoms. The molecule has 0 fully saturated rings. The summed E-state index contributed by atoms with van der Waals surface area (Å²) in [6.45, 7) is -0.0980. The van der Waals surface area contributed by atoms with Crippen LogP contribution in [0.5, 0.6) is 5.75 Å². The maximum absolute atomic E-state index is 8.77. The van der Waals surface area contributed by atoms with Crippen LogP contribution < -0.4 is 4.74 Å². The van der Waals surface area contributed by atoms with Crippen LogP contribution in [0.4, 0.5) is 0 Å². The lowest BCUT2D eigenvalue weighted by molar-refractivity contribution is 0.306. The minimum absolute atomic E-state index is 0.0373. The van der Waals surface area contributed by atoms with Crippen molar-refractivity contribution >= 4 is 11.9 Å². The highest BCUT2D eigenvalue weighted by atomic mass is 16.5. The molecule has 1 aromatic carbocycles. The Morgan fingerprint density at radius 3 is 2.81 bits per heavy atom. The van der Waals surface area contributed by atoms with Crippen molar-refractivity contribution < 1.29 is 15.2 Å². The van der Waals surface area contributed by atoms with Crippen molar-refractivity contribution in [1.82, 2.24) is 0 Å². The summed E-state index contributed by atoms with van der Waals surface area (Å²) in [5.74, 6) is 0.373. The minimum Gasteiger partial charge on any atom is -0.486 e. The highest BCUT2D eigenvalue weighted by molar-refractivity contribution is 6.30. The summed E-state index contributed by atoms with van der Waals surface area (Å²) in [4.78, 5) is 0. The second-order valence-corrected chi connectivity index (χ2v) is 2.73. The largest absolute Gasteiger partial charge is 0.486 e. The van der Waals surface area contributed by atoms with E-state index < -0.39 is 0 Å². The predicted molar refractivity (Wildman–Crippen MR) is 56.2 cm³/mol. The third kappa shape index (κ3) is 2.99. The molecule has 16 heavy (non-hydrogen) atoms. The first kappa shape index (κ1) is 11.5. The van der Waals surface area contributed by atoms with Crippen LogP contribution in [-0.4, -0.2) is 28.9 Å². The number of nitriles is 1. The first-order valence-corrected chi connectivity index (χ1v) is 4.32. The number of para-hydroxylation sites is 1. The average Bonchev–Trinajstić information content (AvgIpc) is 2.34. The molecule has 0 heterocycles. The number of oxime groups is 2. The lowest BCUT2D eigenvalue weighted by Gasteiger charge is -2.05. The molecule has 0 saturated heterocycles. The van der Waals surface area contributed by atoms with Gasteiger partial charge < -0.3 is 15.2 Å². The Morgan fingerprint density at radius 1 is 1.44 bits per heavy atom. The number of rotatable bonds is 4. The molecule has 0 saturated carbocycles. The van der Waals surface area contributed by atoms with Crippen molar-refractivity contribution in [2.45, 2.75) is 0 Å². The molecule has 0 atom stereocenters. The van der Waals surface area contributed by atoms with Gasteiger partial charge >= 0.3 is 0 Å². The Hall–Kier alpha value is -2.55. The summed E-state index contributed by atoms with van der Waals surface area (Å²) in [5, 5.41) is 31.1. The Labute approximate surface area is 91.7 Å². The fourth-order valence-electron chi connectivity index (χ4n) is 0.995. The Balaban J connectivity index is 2.72. The van der Waals surface area contributed by atoms with E-state index in [1.165, 1.54) is 0 Å². The third-order valence-corrected chi connectivity index (χ3v) is 1.72. The van der Waals surface area contributed by atoms with Crippen LogP contribution in [0.3, 0.4) is 0 Å². The van der Waals surface area contributed by atoms with Gasteiger partial charge in [0, 0.05) is 0 Å². The van der Waals surface area contributed by atoms with Gasteiger partial charge in [0.05, 0.1) is 11.8 Å². The molecule has 2 N–H and O–H groups in total. The molecule has 0 aromatic heterocycles. The van der Waals surface area contributed by atoms with Crippen molar-refractivity contribution in [2.24, 2.45) is 10.3 Å². The number of benzene rings is 1. The van der Waals surface area contributed by atoms with Crippen LogP contribution in [0.15, 0.2) is 34.6 Å². The molecular weight excluding hydrogens is 210 g/mol. The summed E-state index contributed by atoms with van der Waals surface area (Å²) in [6.07, 6.45) is 0.939. The van der Waals surface area contributed by atoms with Gasteiger partial charge in [0.25, 0.3) is 0 Å². The molecule has 0 aliphatic rings. The van der Waals surface area contributed by atoms with Crippen LogP contribution in [-0.2, 0) is 0 Å². The Kier molecular flexibility index (Phi) is 4.34. The van der Waals surface area contributed by atoms with Crippen LogP contribution in [0.25, 0.3) is 0 Å². The standard InChI is InChI=1S/C10H9N3O3/c11-5-8-3-1-2-4-10(8)16-7-9(13-15)6-12-14/h1-4,6,14-15H,7H2/b12-6+,13-9-. The molecule has 6 nitrogen and oxygen atoms in total. The normalized spacial score (nSPS) is 11.3. The molecule has 0 amide bonds. The smallest absolute Gasteiger partial charge is 0.138 e. The molecule has 82 valence electrons. The molecular formula is C10H9N3O3. The summed E-state index contributed by atoms with van der Waals surface area (Å²) < 4.78 is 5.22. The van der Waals surface area contributed by atoms with Gasteiger partial charge in [-0.2, -0.15) is 5.26 Å². The van der Waals surface area contributed by atoms with Crippen LogP contribution in [0.1, 0.15) is 5.56 Å². The van der Waals surface area contributed by atoms with Gasteiger partial charge in [0.2, 0.25) is 0 Å². The average molecular weight is 219 g/mol. The second kappa shape index (κ2) is 6.03. The second-order valence-electron chi connectivity index (χ2n) is 2.73. The maximum Gasteiger partial charge on any atom is 0.138 e. The zero-order valence-electron chi connectivity index (χ0n) is 8.24. The molecule has 0 spiro atoms. The zero-order valence-corrected chi connectivity index (χ0v) is 8.24. The van der Waals surface area contributed by atoms with E-state index in [1.807, 2.05) is 6.07 Å². The lowest BCUT2D eigenvalue weighted by atomic mass is 10.2. The van der Waals surface area contributed by atoms with Crippen LogP contribution >= 0.6 is 0 Å². The molecule has 0 radical (unpaired) electrons. The Bertz CT molecular complexity index is 449. The zero-order chi connectivity index (χ0) is 11.8. The van der Waals surface area contributed by atoms with Gasteiger partial charge in [0.1, 0.15) is 24.1 Å². The third-order valence-electron chi connectivity index (χ3n) is 1.72. The fraction of sp³-hybridized carbons (Fsp3) is 0.100. The van der Waals surface area contributed by atoms with E-state index in [0.717, 1.165) is 6.21 Å². The SMILES string of the molecule is N#Cc1ccccc1OCC(/C=N/O)=N\O. The van der Waals surface area contributed by atoms with Gasteiger partial charge in [-0.05, 0) is 12.1 Å². The van der Waals surface area contributed by atoms with E-state index in [-0.39, 0.29) is 12.3 Å². The highest BCUT2D eigenvalue weighted by Crippen LogP contribution is 2.16. The van der Waals surface area contributed by atoms with E-state index >= 15 is 0 Å².